The van der Waals surface area contributed by atoms with E-state index in [9.17, 15) is 13.2 Å². The molecule has 94 valence electrons. The predicted octanol–water partition coefficient (Wildman–Crippen LogP) is 0.720. The van der Waals surface area contributed by atoms with E-state index in [1.807, 2.05) is 32.7 Å². The maximum atomic E-state index is 11.8. The number of carbonyl (C=O) groups is 1. The summed E-state index contributed by atoms with van der Waals surface area (Å²) in [5.74, 6) is 0.603. The minimum Gasteiger partial charge on any atom is -0.298 e. The average molecular weight is 247 g/mol. The summed E-state index contributed by atoms with van der Waals surface area (Å²) in [6.07, 6.45) is 0.649. The minimum absolute atomic E-state index is 0.0105. The fraction of sp³-hybridized carbons (Fsp3) is 0.909. The van der Waals surface area contributed by atoms with Crippen molar-refractivity contribution >= 4 is 15.6 Å². The van der Waals surface area contributed by atoms with Gasteiger partial charge in [-0.15, -0.1) is 0 Å². The maximum Gasteiger partial charge on any atom is 0.152 e. The number of nitrogens with zero attached hydrogens (tertiary/aromatic N) is 1. The molecule has 5 heteroatoms. The molecule has 0 saturated carbocycles. The van der Waals surface area contributed by atoms with Crippen LogP contribution in [0.2, 0.25) is 0 Å². The van der Waals surface area contributed by atoms with Gasteiger partial charge in [-0.3, -0.25) is 9.69 Å². The van der Waals surface area contributed by atoms with Crippen LogP contribution in [0.5, 0.6) is 0 Å². The van der Waals surface area contributed by atoms with E-state index in [1.165, 1.54) is 0 Å². The van der Waals surface area contributed by atoms with Crippen molar-refractivity contribution < 1.29 is 13.2 Å². The number of hydrogen-bond donors (Lipinski definition) is 0. The smallest absolute Gasteiger partial charge is 0.152 e. The second-order valence-corrected chi connectivity index (χ2v) is 7.87. The van der Waals surface area contributed by atoms with E-state index < -0.39 is 9.84 Å². The van der Waals surface area contributed by atoms with Gasteiger partial charge in [-0.25, -0.2) is 8.42 Å². The minimum atomic E-state index is -2.86. The summed E-state index contributed by atoms with van der Waals surface area (Å²) in [6.45, 7) is 5.99. The van der Waals surface area contributed by atoms with Gasteiger partial charge < -0.3 is 0 Å². The van der Waals surface area contributed by atoms with Crippen molar-refractivity contribution in [2.75, 3.05) is 25.1 Å². The van der Waals surface area contributed by atoms with Gasteiger partial charge in [-0.1, -0.05) is 20.8 Å². The molecule has 0 aliphatic carbocycles. The molecule has 1 aliphatic heterocycles. The molecular formula is C11H21NO3S. The van der Waals surface area contributed by atoms with Gasteiger partial charge in [0.1, 0.15) is 0 Å². The summed E-state index contributed by atoms with van der Waals surface area (Å²) in [4.78, 5) is 13.7. The monoisotopic (exact) mass is 247 g/mol. The molecule has 0 amide bonds. The van der Waals surface area contributed by atoms with Crippen LogP contribution < -0.4 is 0 Å². The lowest BCUT2D eigenvalue weighted by Crippen LogP contribution is -2.40. The van der Waals surface area contributed by atoms with Crippen LogP contribution >= 0.6 is 0 Å². The summed E-state index contributed by atoms with van der Waals surface area (Å²) in [6, 6.07) is 0.0105. The highest BCUT2D eigenvalue weighted by molar-refractivity contribution is 7.91. The molecule has 1 aliphatic rings. The van der Waals surface area contributed by atoms with E-state index in [1.54, 1.807) is 0 Å². The van der Waals surface area contributed by atoms with Crippen molar-refractivity contribution in [1.29, 1.82) is 0 Å². The molecule has 0 N–H and O–H groups in total. The lowest BCUT2D eigenvalue weighted by Gasteiger charge is -2.26. The zero-order valence-electron chi connectivity index (χ0n) is 10.5. The Bertz CT molecular complexity index is 367. The zero-order valence-corrected chi connectivity index (χ0v) is 11.3. The maximum absolute atomic E-state index is 11.8. The molecule has 1 saturated heterocycles. The van der Waals surface area contributed by atoms with Gasteiger partial charge in [0, 0.05) is 11.5 Å². The SMILES string of the molecule is CN(CC(=O)C(C)(C)C)C1CCS(=O)(=O)C1. The second kappa shape index (κ2) is 4.45. The molecule has 0 radical (unpaired) electrons. The van der Waals surface area contributed by atoms with Crippen LogP contribution in [0.4, 0.5) is 0 Å². The van der Waals surface area contributed by atoms with Gasteiger partial charge in [0.15, 0.2) is 15.6 Å². The first kappa shape index (κ1) is 13.6. The first-order valence-electron chi connectivity index (χ1n) is 5.56. The zero-order chi connectivity index (χ0) is 12.6. The van der Waals surface area contributed by atoms with Gasteiger partial charge >= 0.3 is 0 Å². The van der Waals surface area contributed by atoms with Gasteiger partial charge in [0.2, 0.25) is 0 Å². The van der Waals surface area contributed by atoms with Gasteiger partial charge in [-0.05, 0) is 13.5 Å². The lowest BCUT2D eigenvalue weighted by atomic mass is 9.90. The molecule has 16 heavy (non-hydrogen) atoms. The molecule has 0 spiro atoms. The third kappa shape index (κ3) is 3.56. The Kier molecular flexibility index (Phi) is 3.80. The predicted molar refractivity (Wildman–Crippen MR) is 64.2 cm³/mol. The number of rotatable bonds is 3. The largest absolute Gasteiger partial charge is 0.298 e. The fourth-order valence-corrected chi connectivity index (χ4v) is 3.52. The van der Waals surface area contributed by atoms with Crippen molar-refractivity contribution in [3.63, 3.8) is 0 Å². The number of sulfone groups is 1. The molecule has 4 nitrogen and oxygen atoms in total. The Labute approximate surface area is 97.9 Å². The van der Waals surface area contributed by atoms with Crippen LogP contribution in [-0.2, 0) is 14.6 Å². The summed E-state index contributed by atoms with van der Waals surface area (Å²) in [7, 11) is -1.04. The molecular weight excluding hydrogens is 226 g/mol. The van der Waals surface area contributed by atoms with Crippen LogP contribution in [0.15, 0.2) is 0 Å². The van der Waals surface area contributed by atoms with Crippen LogP contribution in [0.3, 0.4) is 0 Å². The van der Waals surface area contributed by atoms with E-state index in [4.69, 9.17) is 0 Å². The first-order chi connectivity index (χ1) is 7.12. The van der Waals surface area contributed by atoms with Crippen LogP contribution in [0.1, 0.15) is 27.2 Å². The van der Waals surface area contributed by atoms with Gasteiger partial charge in [0.25, 0.3) is 0 Å². The number of ketones is 1. The van der Waals surface area contributed by atoms with Crippen LogP contribution in [0, 0.1) is 5.41 Å². The Morgan fingerprint density at radius 3 is 2.31 bits per heavy atom. The van der Waals surface area contributed by atoms with Gasteiger partial charge in [-0.2, -0.15) is 0 Å². The topological polar surface area (TPSA) is 54.5 Å². The first-order valence-corrected chi connectivity index (χ1v) is 7.38. The number of hydrogen-bond acceptors (Lipinski definition) is 4. The van der Waals surface area contributed by atoms with Crippen LogP contribution in [-0.4, -0.2) is 50.2 Å². The molecule has 1 fully saturated rings. The van der Waals surface area contributed by atoms with Gasteiger partial charge in [0.05, 0.1) is 18.1 Å². The number of likely N-dealkylation sites (N-methyl/N-ethyl adjacent to an activating group) is 1. The third-order valence-electron chi connectivity index (χ3n) is 3.06. The molecule has 1 unspecified atom stereocenters. The van der Waals surface area contributed by atoms with E-state index in [0.717, 1.165) is 0 Å². The summed E-state index contributed by atoms with van der Waals surface area (Å²) in [5.41, 5.74) is -0.355. The molecule has 1 atom stereocenters. The normalized spacial score (nSPS) is 24.9. The Morgan fingerprint density at radius 1 is 1.38 bits per heavy atom. The number of Topliss-reactive ketones (excluding diaryl/α,β-unsaturated/α-hetero) is 1. The quantitative estimate of drug-likeness (QED) is 0.737. The van der Waals surface area contributed by atoms with Crippen molar-refractivity contribution in [3.05, 3.63) is 0 Å². The standard InChI is InChI=1S/C11H21NO3S/c1-11(2,3)10(13)7-12(4)9-5-6-16(14,15)8-9/h9H,5-8H2,1-4H3. The molecule has 0 aromatic carbocycles. The van der Waals surface area contributed by atoms with Crippen molar-refractivity contribution in [1.82, 2.24) is 4.90 Å². The highest BCUT2D eigenvalue weighted by Gasteiger charge is 2.32. The molecule has 0 bridgehead atoms. The van der Waals surface area contributed by atoms with E-state index >= 15 is 0 Å². The summed E-state index contributed by atoms with van der Waals surface area (Å²) in [5, 5.41) is 0. The highest BCUT2D eigenvalue weighted by atomic mass is 32.2. The van der Waals surface area contributed by atoms with Crippen molar-refractivity contribution in [2.24, 2.45) is 5.41 Å². The second-order valence-electron chi connectivity index (χ2n) is 5.65. The lowest BCUT2D eigenvalue weighted by molar-refractivity contribution is -0.127. The molecule has 0 aromatic rings. The van der Waals surface area contributed by atoms with E-state index in [0.29, 0.717) is 13.0 Å². The Hall–Kier alpha value is -0.420. The third-order valence-corrected chi connectivity index (χ3v) is 4.81. The summed E-state index contributed by atoms with van der Waals surface area (Å²) >= 11 is 0. The molecule has 1 rings (SSSR count). The molecule has 0 aromatic heterocycles. The fourth-order valence-electron chi connectivity index (χ4n) is 1.72. The Balaban J connectivity index is 2.55. The highest BCUT2D eigenvalue weighted by Crippen LogP contribution is 2.19. The van der Waals surface area contributed by atoms with Crippen molar-refractivity contribution in [2.45, 2.75) is 33.2 Å². The van der Waals surface area contributed by atoms with E-state index in [2.05, 4.69) is 0 Å². The average Bonchev–Trinajstić information content (AvgIpc) is 2.44. The van der Waals surface area contributed by atoms with Crippen LogP contribution in [0.25, 0.3) is 0 Å². The summed E-state index contributed by atoms with van der Waals surface area (Å²) < 4.78 is 22.6. The molecule has 1 heterocycles. The number of carbonyl (C=O) groups excluding carboxylic acids is 1. The van der Waals surface area contributed by atoms with E-state index in [-0.39, 0.29) is 28.7 Å². The van der Waals surface area contributed by atoms with Crippen molar-refractivity contribution in [3.8, 4) is 0 Å². The Morgan fingerprint density at radius 2 is 1.94 bits per heavy atom.